The maximum atomic E-state index is 11.4. The Labute approximate surface area is 148 Å². The van der Waals surface area contributed by atoms with Crippen LogP contribution in [0.25, 0.3) is 0 Å². The number of carbonyl (C=O) groups is 1. The summed E-state index contributed by atoms with van der Waals surface area (Å²) in [5.74, 6) is -0.711. The molecule has 1 saturated heterocycles. The van der Waals surface area contributed by atoms with Crippen LogP contribution >= 0.6 is 0 Å². The van der Waals surface area contributed by atoms with Crippen LogP contribution in [0.5, 0.6) is 0 Å². The van der Waals surface area contributed by atoms with Crippen molar-refractivity contribution in [2.45, 2.75) is 32.4 Å². The Morgan fingerprint density at radius 1 is 1.16 bits per heavy atom. The van der Waals surface area contributed by atoms with E-state index in [1.54, 1.807) is 12.1 Å². The number of nitrogens with zero attached hydrogens (tertiary/aromatic N) is 1. The first-order valence-electron chi connectivity index (χ1n) is 8.80. The highest BCUT2D eigenvalue weighted by molar-refractivity contribution is 5.89. The molecule has 0 radical (unpaired) electrons. The first kappa shape index (κ1) is 17.6. The van der Waals surface area contributed by atoms with E-state index in [0.29, 0.717) is 12.1 Å². The highest BCUT2D eigenvalue weighted by atomic mass is 16.4. The second-order valence-corrected chi connectivity index (χ2v) is 7.00. The lowest BCUT2D eigenvalue weighted by atomic mass is 9.88. The molecule has 0 aliphatic carbocycles. The number of aliphatic hydroxyl groups is 1. The fraction of sp³-hybridized carbons (Fsp3) is 0.381. The molecule has 1 aliphatic rings. The van der Waals surface area contributed by atoms with E-state index in [1.807, 2.05) is 12.1 Å². The number of aromatic carboxylic acids is 1. The number of hydrogen-bond acceptors (Lipinski definition) is 3. The van der Waals surface area contributed by atoms with Gasteiger partial charge < -0.3 is 10.2 Å². The molecule has 0 aromatic heterocycles. The van der Waals surface area contributed by atoms with Crippen molar-refractivity contribution in [3.05, 3.63) is 70.8 Å². The predicted octanol–water partition coefficient (Wildman–Crippen LogP) is 3.12. The number of aryl methyl sites for hydroxylation is 1. The quantitative estimate of drug-likeness (QED) is 0.879. The van der Waals surface area contributed by atoms with Gasteiger partial charge in [0.15, 0.2) is 0 Å². The Balaban J connectivity index is 1.68. The van der Waals surface area contributed by atoms with Crippen LogP contribution in [0.4, 0.5) is 0 Å². The monoisotopic (exact) mass is 339 g/mol. The number of likely N-dealkylation sites (tertiary alicyclic amines) is 1. The summed E-state index contributed by atoms with van der Waals surface area (Å²) in [5.41, 5.74) is 3.67. The van der Waals surface area contributed by atoms with Crippen LogP contribution in [0, 0.1) is 12.8 Å². The van der Waals surface area contributed by atoms with Crippen LogP contribution in [0.2, 0.25) is 0 Å². The Morgan fingerprint density at radius 3 is 2.60 bits per heavy atom. The summed E-state index contributed by atoms with van der Waals surface area (Å²) in [6, 6.07) is 15.6. The van der Waals surface area contributed by atoms with Crippen molar-refractivity contribution in [2.24, 2.45) is 5.92 Å². The van der Waals surface area contributed by atoms with E-state index in [9.17, 15) is 15.0 Å². The number of aliphatic hydroxyl groups excluding tert-OH is 1. The summed E-state index contributed by atoms with van der Waals surface area (Å²) in [4.78, 5) is 13.6. The minimum absolute atomic E-state index is 0.174. The van der Waals surface area contributed by atoms with Gasteiger partial charge in [0, 0.05) is 25.6 Å². The summed E-state index contributed by atoms with van der Waals surface area (Å²) in [6.07, 6.45) is 1.27. The van der Waals surface area contributed by atoms with Gasteiger partial charge in [-0.25, -0.2) is 4.79 Å². The van der Waals surface area contributed by atoms with E-state index >= 15 is 0 Å². The Bertz CT molecular complexity index is 726. The lowest BCUT2D eigenvalue weighted by Gasteiger charge is -2.36. The summed E-state index contributed by atoms with van der Waals surface area (Å²) in [6.45, 7) is 4.25. The van der Waals surface area contributed by atoms with E-state index in [0.717, 1.165) is 31.5 Å². The number of hydrogen-bond donors (Lipinski definition) is 2. The average molecular weight is 339 g/mol. The fourth-order valence-corrected chi connectivity index (χ4v) is 3.57. The van der Waals surface area contributed by atoms with Crippen molar-refractivity contribution in [1.29, 1.82) is 0 Å². The third kappa shape index (κ3) is 4.47. The molecule has 0 saturated carbocycles. The molecule has 0 spiro atoms. The summed E-state index contributed by atoms with van der Waals surface area (Å²) < 4.78 is 0. The number of piperidine rings is 1. The molecule has 0 amide bonds. The van der Waals surface area contributed by atoms with Gasteiger partial charge in [-0.3, -0.25) is 4.90 Å². The number of rotatable bonds is 5. The minimum Gasteiger partial charge on any atom is -0.478 e. The molecule has 1 fully saturated rings. The molecule has 2 aromatic carbocycles. The van der Waals surface area contributed by atoms with Gasteiger partial charge in [0.2, 0.25) is 0 Å². The third-order valence-corrected chi connectivity index (χ3v) is 5.04. The zero-order valence-electron chi connectivity index (χ0n) is 14.6. The molecule has 3 rings (SSSR count). The molecule has 2 aromatic rings. The summed E-state index contributed by atoms with van der Waals surface area (Å²) in [7, 11) is 0. The van der Waals surface area contributed by atoms with Crippen LogP contribution in [0.15, 0.2) is 48.5 Å². The van der Waals surface area contributed by atoms with Crippen LogP contribution in [-0.4, -0.2) is 40.3 Å². The summed E-state index contributed by atoms with van der Waals surface area (Å²) >= 11 is 0. The number of carboxylic acids is 1. The topological polar surface area (TPSA) is 60.8 Å². The second kappa shape index (κ2) is 7.81. The van der Waals surface area contributed by atoms with E-state index in [-0.39, 0.29) is 12.0 Å². The van der Waals surface area contributed by atoms with Crippen LogP contribution in [0.1, 0.15) is 33.5 Å². The van der Waals surface area contributed by atoms with E-state index in [2.05, 4.69) is 36.1 Å². The number of carboxylic acid groups (broad SMARTS) is 1. The molecule has 132 valence electrons. The second-order valence-electron chi connectivity index (χ2n) is 7.00. The van der Waals surface area contributed by atoms with Gasteiger partial charge in [0.1, 0.15) is 0 Å². The molecule has 2 N–H and O–H groups in total. The van der Waals surface area contributed by atoms with Crippen molar-refractivity contribution >= 4 is 5.97 Å². The summed E-state index contributed by atoms with van der Waals surface area (Å²) in [5, 5.41) is 19.7. The molecule has 0 bridgehead atoms. The van der Waals surface area contributed by atoms with Crippen LogP contribution in [-0.2, 0) is 13.0 Å². The van der Waals surface area contributed by atoms with Gasteiger partial charge in [-0.05, 0) is 37.0 Å². The predicted molar refractivity (Wildman–Crippen MR) is 97.7 cm³/mol. The first-order valence-corrected chi connectivity index (χ1v) is 8.80. The standard InChI is InChI=1S/C21H25NO3/c1-15-6-8-16(9-7-15)12-18-14-22(11-10-20(18)23)13-17-4-2-3-5-19(17)21(24)25/h2-9,18,20,23H,10-14H2,1H3,(H,24,25)/t18-,20+/m1/s1. The zero-order chi connectivity index (χ0) is 17.8. The van der Waals surface area contributed by atoms with Gasteiger partial charge in [0.05, 0.1) is 11.7 Å². The van der Waals surface area contributed by atoms with E-state index in [1.165, 1.54) is 11.1 Å². The maximum absolute atomic E-state index is 11.4. The van der Waals surface area contributed by atoms with E-state index in [4.69, 9.17) is 0 Å². The SMILES string of the molecule is Cc1ccc(C[C@@H]2CN(Cc3ccccc3C(=O)O)CC[C@@H]2O)cc1. The smallest absolute Gasteiger partial charge is 0.336 e. The van der Waals surface area contributed by atoms with Crippen molar-refractivity contribution in [3.8, 4) is 0 Å². The largest absolute Gasteiger partial charge is 0.478 e. The van der Waals surface area contributed by atoms with E-state index < -0.39 is 5.97 Å². The highest BCUT2D eigenvalue weighted by Crippen LogP contribution is 2.24. The maximum Gasteiger partial charge on any atom is 0.336 e. The molecule has 25 heavy (non-hydrogen) atoms. The van der Waals surface area contributed by atoms with Crippen LogP contribution < -0.4 is 0 Å². The Hall–Kier alpha value is -2.17. The first-order chi connectivity index (χ1) is 12.0. The fourth-order valence-electron chi connectivity index (χ4n) is 3.57. The van der Waals surface area contributed by atoms with Crippen LogP contribution in [0.3, 0.4) is 0 Å². The number of benzene rings is 2. The molecule has 0 unspecified atom stereocenters. The Morgan fingerprint density at radius 2 is 1.88 bits per heavy atom. The van der Waals surface area contributed by atoms with Gasteiger partial charge in [-0.2, -0.15) is 0 Å². The Kier molecular flexibility index (Phi) is 5.51. The normalized spacial score (nSPS) is 21.2. The van der Waals surface area contributed by atoms with Gasteiger partial charge in [-0.1, -0.05) is 48.0 Å². The molecule has 2 atom stereocenters. The van der Waals surface area contributed by atoms with Crippen molar-refractivity contribution in [2.75, 3.05) is 13.1 Å². The van der Waals surface area contributed by atoms with Gasteiger partial charge >= 0.3 is 5.97 Å². The highest BCUT2D eigenvalue weighted by Gasteiger charge is 2.28. The molecule has 1 aliphatic heterocycles. The van der Waals surface area contributed by atoms with Crippen molar-refractivity contribution in [1.82, 2.24) is 4.90 Å². The molecule has 4 heteroatoms. The van der Waals surface area contributed by atoms with Crippen molar-refractivity contribution in [3.63, 3.8) is 0 Å². The van der Waals surface area contributed by atoms with Gasteiger partial charge in [-0.15, -0.1) is 0 Å². The minimum atomic E-state index is -0.885. The molecular weight excluding hydrogens is 314 g/mol. The molecule has 4 nitrogen and oxygen atoms in total. The zero-order valence-corrected chi connectivity index (χ0v) is 14.6. The molecule has 1 heterocycles. The van der Waals surface area contributed by atoms with Gasteiger partial charge in [0.25, 0.3) is 0 Å². The lowest BCUT2D eigenvalue weighted by Crippen LogP contribution is -2.43. The molecular formula is C21H25NO3. The lowest BCUT2D eigenvalue weighted by molar-refractivity contribution is 0.0237. The van der Waals surface area contributed by atoms with Crippen molar-refractivity contribution < 1.29 is 15.0 Å². The third-order valence-electron chi connectivity index (χ3n) is 5.04. The average Bonchev–Trinajstić information content (AvgIpc) is 2.60.